The molecule has 0 saturated carbocycles. The van der Waals surface area contributed by atoms with Crippen LogP contribution in [0.5, 0.6) is 0 Å². The molecule has 9 aromatic rings. The molecule has 52 heavy (non-hydrogen) atoms. The molecule has 244 valence electrons. The normalized spacial score (nSPS) is 11.1. The van der Waals surface area contributed by atoms with Crippen molar-refractivity contribution >= 4 is 10.8 Å². The molecule has 0 aliphatic heterocycles. The first-order valence-corrected chi connectivity index (χ1v) is 17.4. The Hall–Kier alpha value is -7.04. The molecule has 0 unspecified atom stereocenters. The lowest BCUT2D eigenvalue weighted by molar-refractivity contribution is 1.18. The maximum Gasteiger partial charge on any atom is 0.160 e. The van der Waals surface area contributed by atoms with Crippen LogP contribution in [0, 0.1) is 0 Å². The number of nitrogens with zero attached hydrogens (tertiary/aromatic N) is 4. The second kappa shape index (κ2) is 13.7. The van der Waals surface area contributed by atoms with Gasteiger partial charge in [0.25, 0.3) is 0 Å². The molecule has 0 bridgehead atoms. The minimum absolute atomic E-state index is 0.704. The predicted octanol–water partition coefficient (Wildman–Crippen LogP) is 12.1. The second-order valence-corrected chi connectivity index (χ2v) is 12.7. The van der Waals surface area contributed by atoms with E-state index in [1.165, 1.54) is 10.8 Å². The number of pyridine rings is 2. The van der Waals surface area contributed by atoms with Gasteiger partial charge in [0.15, 0.2) is 5.82 Å². The molecule has 0 aliphatic rings. The third-order valence-corrected chi connectivity index (χ3v) is 9.39. The number of rotatable bonds is 7. The van der Waals surface area contributed by atoms with E-state index in [0.717, 1.165) is 72.8 Å². The number of aromatic nitrogens is 4. The van der Waals surface area contributed by atoms with Crippen molar-refractivity contribution < 1.29 is 0 Å². The minimum Gasteiger partial charge on any atom is -0.256 e. The van der Waals surface area contributed by atoms with Crippen LogP contribution in [-0.2, 0) is 0 Å². The van der Waals surface area contributed by atoms with Crippen LogP contribution in [0.3, 0.4) is 0 Å². The first kappa shape index (κ1) is 31.0. The van der Waals surface area contributed by atoms with Gasteiger partial charge < -0.3 is 0 Å². The number of hydrogen-bond donors (Lipinski definition) is 0. The SMILES string of the molecule is c1ccc(-c2cc(-c3cccc(-c4ccc(-c5cc(-c6ccccn6)cc(-c6ccccn6)c5)c5ccccc45)c3)nc(-c3ccccc3)n2)cc1. The van der Waals surface area contributed by atoms with E-state index >= 15 is 0 Å². The van der Waals surface area contributed by atoms with E-state index in [0.29, 0.717) is 5.82 Å². The molecule has 0 fully saturated rings. The highest BCUT2D eigenvalue weighted by atomic mass is 14.9. The molecule has 4 heteroatoms. The van der Waals surface area contributed by atoms with Gasteiger partial charge in [0.1, 0.15) is 0 Å². The molecule has 0 atom stereocenters. The molecule has 0 amide bonds. The monoisotopic (exact) mass is 664 g/mol. The standard InChI is InChI=1S/C48H32N4/c1-3-14-33(15-4-1)46-32-47(52-48(51-46)34-16-5-2-6-17-34)36-19-13-18-35(28-36)40-24-25-41(43-21-8-7-20-42(40)43)37-29-38(44-22-9-11-26-49-44)31-39(30-37)45-23-10-12-27-50-45/h1-32H. The van der Waals surface area contributed by atoms with Crippen molar-refractivity contribution in [1.82, 2.24) is 19.9 Å². The quantitative estimate of drug-likeness (QED) is 0.170. The summed E-state index contributed by atoms with van der Waals surface area (Å²) in [5.74, 6) is 0.704. The van der Waals surface area contributed by atoms with E-state index in [2.05, 4.69) is 131 Å². The van der Waals surface area contributed by atoms with Gasteiger partial charge in [-0.3, -0.25) is 9.97 Å². The van der Waals surface area contributed by atoms with Crippen molar-refractivity contribution in [2.45, 2.75) is 0 Å². The molecule has 9 rings (SSSR count). The van der Waals surface area contributed by atoms with E-state index in [1.807, 2.05) is 73.1 Å². The molecule has 0 radical (unpaired) electrons. The summed E-state index contributed by atoms with van der Waals surface area (Å²) < 4.78 is 0. The van der Waals surface area contributed by atoms with Crippen LogP contribution in [0.15, 0.2) is 194 Å². The van der Waals surface area contributed by atoms with Gasteiger partial charge in [0.2, 0.25) is 0 Å². The van der Waals surface area contributed by atoms with Gasteiger partial charge in [-0.1, -0.05) is 127 Å². The maximum atomic E-state index is 5.10. The fraction of sp³-hybridized carbons (Fsp3) is 0. The summed E-state index contributed by atoms with van der Waals surface area (Å²) in [5.41, 5.74) is 13.3. The van der Waals surface area contributed by atoms with Crippen LogP contribution in [0.1, 0.15) is 0 Å². The largest absolute Gasteiger partial charge is 0.256 e. The fourth-order valence-electron chi connectivity index (χ4n) is 6.86. The predicted molar refractivity (Wildman–Crippen MR) is 213 cm³/mol. The summed E-state index contributed by atoms with van der Waals surface area (Å²) in [6.45, 7) is 0. The zero-order valence-corrected chi connectivity index (χ0v) is 28.3. The first-order valence-electron chi connectivity index (χ1n) is 17.4. The third kappa shape index (κ3) is 6.14. The van der Waals surface area contributed by atoms with Gasteiger partial charge in [0, 0.05) is 40.2 Å². The van der Waals surface area contributed by atoms with Crippen molar-refractivity contribution in [1.29, 1.82) is 0 Å². The lowest BCUT2D eigenvalue weighted by Gasteiger charge is -2.15. The van der Waals surface area contributed by atoms with Crippen LogP contribution in [-0.4, -0.2) is 19.9 Å². The summed E-state index contributed by atoms with van der Waals surface area (Å²) in [6.07, 6.45) is 3.68. The Kier molecular flexibility index (Phi) is 8.16. The topological polar surface area (TPSA) is 51.6 Å². The van der Waals surface area contributed by atoms with Gasteiger partial charge in [-0.15, -0.1) is 0 Å². The Bertz CT molecular complexity index is 2540. The molecule has 6 aromatic carbocycles. The molecule has 0 spiro atoms. The summed E-state index contributed by atoms with van der Waals surface area (Å²) >= 11 is 0. The van der Waals surface area contributed by atoms with Gasteiger partial charge in [-0.2, -0.15) is 0 Å². The van der Waals surface area contributed by atoms with Crippen molar-refractivity contribution in [3.8, 4) is 78.7 Å². The van der Waals surface area contributed by atoms with Crippen LogP contribution in [0.25, 0.3) is 89.4 Å². The molecule has 4 nitrogen and oxygen atoms in total. The number of fused-ring (bicyclic) bond motifs is 1. The Morgan fingerprint density at radius 1 is 0.269 bits per heavy atom. The molecule has 3 aromatic heterocycles. The fourth-order valence-corrected chi connectivity index (χ4v) is 6.86. The molecular weight excluding hydrogens is 633 g/mol. The summed E-state index contributed by atoms with van der Waals surface area (Å²) in [6, 6.07) is 63.1. The van der Waals surface area contributed by atoms with Crippen molar-refractivity contribution in [2.75, 3.05) is 0 Å². The Morgan fingerprint density at radius 3 is 1.33 bits per heavy atom. The van der Waals surface area contributed by atoms with E-state index in [9.17, 15) is 0 Å². The summed E-state index contributed by atoms with van der Waals surface area (Å²) in [7, 11) is 0. The maximum absolute atomic E-state index is 5.10. The second-order valence-electron chi connectivity index (χ2n) is 12.7. The van der Waals surface area contributed by atoms with Crippen LogP contribution >= 0.6 is 0 Å². The van der Waals surface area contributed by atoms with Gasteiger partial charge in [-0.05, 0) is 87.6 Å². The van der Waals surface area contributed by atoms with Gasteiger partial charge in [-0.25, -0.2) is 9.97 Å². The minimum atomic E-state index is 0.704. The molecule has 0 N–H and O–H groups in total. The van der Waals surface area contributed by atoms with Crippen LogP contribution in [0.4, 0.5) is 0 Å². The Labute approximate surface area is 302 Å². The summed E-state index contributed by atoms with van der Waals surface area (Å²) in [4.78, 5) is 19.5. The van der Waals surface area contributed by atoms with E-state index in [1.54, 1.807) is 0 Å². The smallest absolute Gasteiger partial charge is 0.160 e. The first-order chi connectivity index (χ1) is 25.8. The highest BCUT2D eigenvalue weighted by Crippen LogP contribution is 2.39. The van der Waals surface area contributed by atoms with Gasteiger partial charge in [0.05, 0.1) is 22.8 Å². The average molecular weight is 665 g/mol. The number of benzene rings is 6. The average Bonchev–Trinajstić information content (AvgIpc) is 3.24. The van der Waals surface area contributed by atoms with Crippen molar-refractivity contribution in [3.05, 3.63) is 194 Å². The van der Waals surface area contributed by atoms with Crippen LogP contribution < -0.4 is 0 Å². The zero-order valence-electron chi connectivity index (χ0n) is 28.3. The summed E-state index contributed by atoms with van der Waals surface area (Å²) in [5, 5.41) is 2.35. The lowest BCUT2D eigenvalue weighted by Crippen LogP contribution is -1.96. The van der Waals surface area contributed by atoms with E-state index < -0.39 is 0 Å². The highest BCUT2D eigenvalue weighted by molar-refractivity contribution is 6.05. The van der Waals surface area contributed by atoms with Crippen molar-refractivity contribution in [2.24, 2.45) is 0 Å². The zero-order chi connectivity index (χ0) is 34.7. The van der Waals surface area contributed by atoms with E-state index in [-0.39, 0.29) is 0 Å². The van der Waals surface area contributed by atoms with Crippen molar-refractivity contribution in [3.63, 3.8) is 0 Å². The highest BCUT2D eigenvalue weighted by Gasteiger charge is 2.15. The van der Waals surface area contributed by atoms with Crippen LogP contribution in [0.2, 0.25) is 0 Å². The Morgan fingerprint density at radius 2 is 0.731 bits per heavy atom. The molecule has 3 heterocycles. The Balaban J connectivity index is 1.17. The lowest BCUT2D eigenvalue weighted by atomic mass is 9.89. The third-order valence-electron chi connectivity index (χ3n) is 9.39. The van der Waals surface area contributed by atoms with E-state index in [4.69, 9.17) is 9.97 Å². The molecule has 0 saturated heterocycles. The number of hydrogen-bond acceptors (Lipinski definition) is 4. The van der Waals surface area contributed by atoms with Gasteiger partial charge >= 0.3 is 0 Å². The molecular formula is C48H32N4. The molecule has 0 aliphatic carbocycles.